The molecule has 0 atom stereocenters. The Morgan fingerprint density at radius 2 is 1.90 bits per heavy atom. The summed E-state index contributed by atoms with van der Waals surface area (Å²) >= 11 is 1.62. The Morgan fingerprint density at radius 1 is 1.06 bits per heavy atom. The fourth-order valence-electron chi connectivity index (χ4n) is 3.37. The quantitative estimate of drug-likeness (QED) is 0.369. The van der Waals surface area contributed by atoms with E-state index in [4.69, 9.17) is 14.1 Å². The van der Waals surface area contributed by atoms with Crippen molar-refractivity contribution in [3.63, 3.8) is 0 Å². The molecule has 0 bridgehead atoms. The zero-order valence-corrected chi connectivity index (χ0v) is 18.4. The van der Waals surface area contributed by atoms with Gasteiger partial charge in [-0.25, -0.2) is 4.98 Å². The molecule has 0 fully saturated rings. The van der Waals surface area contributed by atoms with E-state index >= 15 is 0 Å². The fraction of sp³-hybridized carbons (Fsp3) is 0.200. The number of aryl methyl sites for hydroxylation is 1. The van der Waals surface area contributed by atoms with Crippen LogP contribution >= 0.6 is 11.3 Å². The van der Waals surface area contributed by atoms with Crippen LogP contribution in [0.25, 0.3) is 10.6 Å². The largest absolute Gasteiger partial charge is 0.497 e. The maximum absolute atomic E-state index is 13.3. The molecule has 0 unspecified atom stereocenters. The first-order chi connectivity index (χ1) is 15.1. The number of methoxy groups -OCH3 is 1. The molecule has 0 saturated heterocycles. The standard InChI is InChI=1S/C25H24N2O3S/c1-18-23(26-25(31-18)20-9-4-3-5-10-20)15-24(28)27(17-22-12-7-13-30-22)16-19-8-6-11-21(14-19)29-2/h3-14H,15-17H2,1-2H3. The normalized spacial score (nSPS) is 10.8. The van der Waals surface area contributed by atoms with Crippen molar-refractivity contribution in [3.05, 3.63) is 94.9 Å². The lowest BCUT2D eigenvalue weighted by atomic mass is 10.1. The second kappa shape index (κ2) is 9.62. The molecule has 0 aliphatic carbocycles. The zero-order valence-electron chi connectivity index (χ0n) is 17.6. The number of amides is 1. The lowest BCUT2D eigenvalue weighted by molar-refractivity contribution is -0.132. The lowest BCUT2D eigenvalue weighted by Gasteiger charge is -2.22. The predicted molar refractivity (Wildman–Crippen MR) is 122 cm³/mol. The highest BCUT2D eigenvalue weighted by Gasteiger charge is 2.20. The molecular weight excluding hydrogens is 408 g/mol. The van der Waals surface area contributed by atoms with E-state index in [1.807, 2.05) is 73.7 Å². The molecule has 4 rings (SSSR count). The third kappa shape index (κ3) is 5.22. The van der Waals surface area contributed by atoms with Gasteiger partial charge in [-0.15, -0.1) is 11.3 Å². The SMILES string of the molecule is COc1cccc(CN(Cc2ccco2)C(=O)Cc2nc(-c3ccccc3)sc2C)c1. The van der Waals surface area contributed by atoms with Crippen LogP contribution < -0.4 is 4.74 Å². The first-order valence-corrected chi connectivity index (χ1v) is 10.9. The van der Waals surface area contributed by atoms with Crippen LogP contribution in [0.4, 0.5) is 0 Å². The van der Waals surface area contributed by atoms with Crippen molar-refractivity contribution in [2.45, 2.75) is 26.4 Å². The summed E-state index contributed by atoms with van der Waals surface area (Å²) in [6.07, 6.45) is 1.88. The molecule has 5 nitrogen and oxygen atoms in total. The molecule has 2 aromatic carbocycles. The number of furan rings is 1. The van der Waals surface area contributed by atoms with Gasteiger partial charge < -0.3 is 14.1 Å². The lowest BCUT2D eigenvalue weighted by Crippen LogP contribution is -2.31. The first-order valence-electron chi connectivity index (χ1n) is 10.1. The molecule has 158 valence electrons. The van der Waals surface area contributed by atoms with Gasteiger partial charge in [0.15, 0.2) is 0 Å². The van der Waals surface area contributed by atoms with Crippen LogP contribution in [-0.2, 0) is 24.3 Å². The van der Waals surface area contributed by atoms with E-state index in [1.165, 1.54) is 0 Å². The van der Waals surface area contributed by atoms with E-state index in [0.29, 0.717) is 13.1 Å². The van der Waals surface area contributed by atoms with Gasteiger partial charge in [0.25, 0.3) is 0 Å². The third-order valence-electron chi connectivity index (χ3n) is 5.02. The maximum atomic E-state index is 13.3. The van der Waals surface area contributed by atoms with Gasteiger partial charge in [0.05, 0.1) is 32.0 Å². The van der Waals surface area contributed by atoms with Crippen LogP contribution in [0.1, 0.15) is 21.9 Å². The van der Waals surface area contributed by atoms with E-state index < -0.39 is 0 Å². The number of carbonyl (C=O) groups is 1. The molecular formula is C25H24N2O3S. The van der Waals surface area contributed by atoms with Gasteiger partial charge in [0.1, 0.15) is 16.5 Å². The molecule has 1 amide bonds. The number of hydrogen-bond donors (Lipinski definition) is 0. The van der Waals surface area contributed by atoms with Crippen LogP contribution in [0.2, 0.25) is 0 Å². The number of ether oxygens (including phenoxy) is 1. The zero-order chi connectivity index (χ0) is 21.6. The Morgan fingerprint density at radius 3 is 2.65 bits per heavy atom. The topological polar surface area (TPSA) is 55.6 Å². The highest BCUT2D eigenvalue weighted by Crippen LogP contribution is 2.28. The average molecular weight is 433 g/mol. The van der Waals surface area contributed by atoms with E-state index in [1.54, 1.807) is 29.6 Å². The van der Waals surface area contributed by atoms with Crippen LogP contribution in [0, 0.1) is 6.92 Å². The molecule has 4 aromatic rings. The highest BCUT2D eigenvalue weighted by atomic mass is 32.1. The van der Waals surface area contributed by atoms with Crippen LogP contribution in [0.5, 0.6) is 5.75 Å². The fourth-order valence-corrected chi connectivity index (χ4v) is 4.30. The molecule has 0 aliphatic heterocycles. The first kappa shape index (κ1) is 20.9. The number of carbonyl (C=O) groups excluding carboxylic acids is 1. The van der Waals surface area contributed by atoms with Gasteiger partial charge in [-0.3, -0.25) is 4.79 Å². The van der Waals surface area contributed by atoms with Gasteiger partial charge in [0, 0.05) is 17.0 Å². The predicted octanol–water partition coefficient (Wildman–Crippen LogP) is 5.49. The van der Waals surface area contributed by atoms with Crippen LogP contribution in [-0.4, -0.2) is 22.9 Å². The summed E-state index contributed by atoms with van der Waals surface area (Å²) in [5.74, 6) is 1.52. The Kier molecular flexibility index (Phi) is 6.48. The summed E-state index contributed by atoms with van der Waals surface area (Å²) in [6, 6.07) is 21.5. The van der Waals surface area contributed by atoms with Crippen molar-refractivity contribution in [2.24, 2.45) is 0 Å². The van der Waals surface area contributed by atoms with Gasteiger partial charge in [0.2, 0.25) is 5.91 Å². The van der Waals surface area contributed by atoms with Gasteiger partial charge in [-0.05, 0) is 36.8 Å². The van der Waals surface area contributed by atoms with Crippen LogP contribution in [0.15, 0.2) is 77.4 Å². The van der Waals surface area contributed by atoms with E-state index in [0.717, 1.165) is 38.2 Å². The minimum absolute atomic E-state index is 0.00670. The summed E-state index contributed by atoms with van der Waals surface area (Å²) in [4.78, 5) is 20.9. The van der Waals surface area contributed by atoms with Crippen molar-refractivity contribution in [2.75, 3.05) is 7.11 Å². The second-order valence-corrected chi connectivity index (χ2v) is 8.45. The smallest absolute Gasteiger partial charge is 0.229 e. The Hall–Kier alpha value is -3.38. The molecule has 0 saturated carbocycles. The summed E-state index contributed by atoms with van der Waals surface area (Å²) in [5.41, 5.74) is 2.89. The molecule has 0 aliphatic rings. The van der Waals surface area contributed by atoms with Crippen molar-refractivity contribution in [3.8, 4) is 16.3 Å². The van der Waals surface area contributed by atoms with Crippen molar-refractivity contribution < 1.29 is 13.9 Å². The second-order valence-electron chi connectivity index (χ2n) is 7.25. The Labute approximate surface area is 185 Å². The van der Waals surface area contributed by atoms with Gasteiger partial charge >= 0.3 is 0 Å². The number of thiazole rings is 1. The molecule has 2 heterocycles. The number of aromatic nitrogens is 1. The van der Waals surface area contributed by atoms with Crippen LogP contribution in [0.3, 0.4) is 0 Å². The summed E-state index contributed by atoms with van der Waals surface area (Å²) in [6.45, 7) is 2.88. The van der Waals surface area contributed by atoms with Crippen molar-refractivity contribution >= 4 is 17.2 Å². The van der Waals surface area contributed by atoms with Gasteiger partial charge in [-0.1, -0.05) is 42.5 Å². The minimum Gasteiger partial charge on any atom is -0.497 e. The Bertz CT molecular complexity index is 1140. The molecule has 2 aromatic heterocycles. The monoisotopic (exact) mass is 432 g/mol. The maximum Gasteiger partial charge on any atom is 0.229 e. The summed E-state index contributed by atoms with van der Waals surface area (Å²) in [7, 11) is 1.64. The third-order valence-corrected chi connectivity index (χ3v) is 6.08. The van der Waals surface area contributed by atoms with E-state index in [9.17, 15) is 4.79 Å². The number of hydrogen-bond acceptors (Lipinski definition) is 5. The van der Waals surface area contributed by atoms with E-state index in [-0.39, 0.29) is 12.3 Å². The average Bonchev–Trinajstić information content (AvgIpc) is 3.44. The number of nitrogens with zero attached hydrogens (tertiary/aromatic N) is 2. The molecule has 0 spiro atoms. The summed E-state index contributed by atoms with van der Waals surface area (Å²) in [5, 5.41) is 0.936. The summed E-state index contributed by atoms with van der Waals surface area (Å²) < 4.78 is 10.8. The number of benzene rings is 2. The molecule has 6 heteroatoms. The minimum atomic E-state index is 0.00670. The molecule has 0 N–H and O–H groups in total. The Balaban J connectivity index is 1.55. The van der Waals surface area contributed by atoms with Gasteiger partial charge in [-0.2, -0.15) is 0 Å². The van der Waals surface area contributed by atoms with Crippen molar-refractivity contribution in [1.29, 1.82) is 0 Å². The highest BCUT2D eigenvalue weighted by molar-refractivity contribution is 7.15. The van der Waals surface area contributed by atoms with Crippen molar-refractivity contribution in [1.82, 2.24) is 9.88 Å². The van der Waals surface area contributed by atoms with E-state index in [2.05, 4.69) is 0 Å². The number of rotatable bonds is 8. The molecule has 0 radical (unpaired) electrons. The molecule has 31 heavy (non-hydrogen) atoms.